The number of ether oxygens (including phenoxy) is 2. The highest BCUT2D eigenvalue weighted by Crippen LogP contribution is 2.14. The quantitative estimate of drug-likeness (QED) is 0.591. The molecule has 0 saturated carbocycles. The Balaban J connectivity index is 2.64. The first-order valence-electron chi connectivity index (χ1n) is 2.82. The van der Waals surface area contributed by atoms with Gasteiger partial charge in [0, 0.05) is 14.2 Å². The van der Waals surface area contributed by atoms with Gasteiger partial charge in [0.15, 0.2) is 12.2 Å². The Labute approximate surface area is 58.8 Å². The molecule has 0 fully saturated rings. The zero-order chi connectivity index (χ0) is 7.40. The molecule has 0 saturated heterocycles. The van der Waals surface area contributed by atoms with Gasteiger partial charge in [-0.3, -0.25) is 0 Å². The van der Waals surface area contributed by atoms with Gasteiger partial charge >= 0.3 is 0 Å². The SMILES string of the molecule is COC(OC)c1cnco1. The van der Waals surface area contributed by atoms with E-state index in [1.807, 2.05) is 0 Å². The van der Waals surface area contributed by atoms with Gasteiger partial charge in [0.2, 0.25) is 6.29 Å². The van der Waals surface area contributed by atoms with E-state index in [0.717, 1.165) is 0 Å². The molecule has 0 aliphatic heterocycles. The van der Waals surface area contributed by atoms with E-state index in [1.165, 1.54) is 20.6 Å². The van der Waals surface area contributed by atoms with Gasteiger partial charge in [-0.05, 0) is 0 Å². The van der Waals surface area contributed by atoms with Crippen LogP contribution in [0, 0.1) is 0 Å². The predicted molar refractivity (Wildman–Crippen MR) is 33.3 cm³/mol. The van der Waals surface area contributed by atoms with Crippen LogP contribution in [0.2, 0.25) is 0 Å². The second-order valence-electron chi connectivity index (χ2n) is 1.71. The molecule has 0 atom stereocenters. The van der Waals surface area contributed by atoms with Crippen LogP contribution in [0.1, 0.15) is 12.1 Å². The molecule has 0 aromatic carbocycles. The molecule has 0 N–H and O–H groups in total. The number of hydrogen-bond acceptors (Lipinski definition) is 4. The van der Waals surface area contributed by atoms with Gasteiger partial charge in [0.25, 0.3) is 0 Å². The number of hydrogen-bond donors (Lipinski definition) is 0. The summed E-state index contributed by atoms with van der Waals surface area (Å²) in [5.41, 5.74) is 0. The summed E-state index contributed by atoms with van der Waals surface area (Å²) in [7, 11) is 3.08. The molecule has 0 bridgehead atoms. The van der Waals surface area contributed by atoms with Crippen molar-refractivity contribution in [2.75, 3.05) is 14.2 Å². The number of nitrogens with zero attached hydrogens (tertiary/aromatic N) is 1. The van der Waals surface area contributed by atoms with Crippen molar-refractivity contribution in [2.45, 2.75) is 6.29 Å². The third kappa shape index (κ3) is 1.34. The van der Waals surface area contributed by atoms with Crippen LogP contribution in [0.15, 0.2) is 17.0 Å². The molecule has 0 aliphatic carbocycles. The van der Waals surface area contributed by atoms with Crippen LogP contribution in [-0.4, -0.2) is 19.2 Å². The summed E-state index contributed by atoms with van der Waals surface area (Å²) in [6.45, 7) is 0. The normalized spacial score (nSPS) is 10.7. The van der Waals surface area contributed by atoms with E-state index in [1.54, 1.807) is 6.20 Å². The van der Waals surface area contributed by atoms with Crippen LogP contribution < -0.4 is 0 Å². The summed E-state index contributed by atoms with van der Waals surface area (Å²) in [5, 5.41) is 0. The highest BCUT2D eigenvalue weighted by molar-refractivity contribution is 4.89. The van der Waals surface area contributed by atoms with Crippen molar-refractivity contribution in [3.05, 3.63) is 18.4 Å². The number of rotatable bonds is 3. The van der Waals surface area contributed by atoms with E-state index < -0.39 is 6.29 Å². The molecule has 10 heavy (non-hydrogen) atoms. The number of aromatic nitrogens is 1. The fraction of sp³-hybridized carbons (Fsp3) is 0.500. The largest absolute Gasteiger partial charge is 0.443 e. The predicted octanol–water partition coefficient (Wildman–Crippen LogP) is 0.966. The molecule has 0 unspecified atom stereocenters. The summed E-state index contributed by atoms with van der Waals surface area (Å²) in [6.07, 6.45) is 2.44. The van der Waals surface area contributed by atoms with Gasteiger partial charge in [-0.1, -0.05) is 0 Å². The second-order valence-corrected chi connectivity index (χ2v) is 1.71. The highest BCUT2D eigenvalue weighted by Gasteiger charge is 2.11. The fourth-order valence-corrected chi connectivity index (χ4v) is 0.671. The molecule has 1 aromatic heterocycles. The van der Waals surface area contributed by atoms with Crippen molar-refractivity contribution in [1.29, 1.82) is 0 Å². The van der Waals surface area contributed by atoms with Crippen molar-refractivity contribution in [2.24, 2.45) is 0 Å². The molecule has 1 heterocycles. The van der Waals surface area contributed by atoms with E-state index in [4.69, 9.17) is 13.9 Å². The van der Waals surface area contributed by atoms with E-state index >= 15 is 0 Å². The molecular weight excluding hydrogens is 134 g/mol. The molecule has 1 aromatic rings. The molecule has 0 amide bonds. The Morgan fingerprint density at radius 1 is 1.50 bits per heavy atom. The van der Waals surface area contributed by atoms with E-state index in [9.17, 15) is 0 Å². The number of methoxy groups -OCH3 is 2. The van der Waals surface area contributed by atoms with Crippen LogP contribution in [0.5, 0.6) is 0 Å². The minimum atomic E-state index is -0.442. The average Bonchev–Trinajstić information content (AvgIpc) is 2.43. The van der Waals surface area contributed by atoms with Crippen molar-refractivity contribution >= 4 is 0 Å². The lowest BCUT2D eigenvalue weighted by atomic mass is 10.5. The van der Waals surface area contributed by atoms with Crippen molar-refractivity contribution in [3.8, 4) is 0 Å². The summed E-state index contributed by atoms with van der Waals surface area (Å²) in [4.78, 5) is 3.71. The van der Waals surface area contributed by atoms with Gasteiger partial charge in [-0.2, -0.15) is 0 Å². The third-order valence-corrected chi connectivity index (χ3v) is 1.11. The van der Waals surface area contributed by atoms with Crippen LogP contribution in [0.25, 0.3) is 0 Å². The summed E-state index contributed by atoms with van der Waals surface area (Å²) >= 11 is 0. The third-order valence-electron chi connectivity index (χ3n) is 1.11. The Hall–Kier alpha value is -0.870. The van der Waals surface area contributed by atoms with Crippen molar-refractivity contribution in [1.82, 2.24) is 4.98 Å². The van der Waals surface area contributed by atoms with Crippen LogP contribution in [0.4, 0.5) is 0 Å². The maximum Gasteiger partial charge on any atom is 0.218 e. The monoisotopic (exact) mass is 143 g/mol. The molecule has 0 spiro atoms. The van der Waals surface area contributed by atoms with Gasteiger partial charge in [-0.15, -0.1) is 0 Å². The minimum Gasteiger partial charge on any atom is -0.443 e. The lowest BCUT2D eigenvalue weighted by Gasteiger charge is -2.07. The first-order valence-corrected chi connectivity index (χ1v) is 2.82. The standard InChI is InChI=1S/C6H9NO3/c1-8-6(9-2)5-3-7-4-10-5/h3-4,6H,1-2H3. The topological polar surface area (TPSA) is 44.5 Å². The van der Waals surface area contributed by atoms with Gasteiger partial charge in [0.1, 0.15) is 0 Å². The molecular formula is C6H9NO3. The summed E-state index contributed by atoms with van der Waals surface area (Å²) < 4.78 is 14.7. The minimum absolute atomic E-state index is 0.442. The molecule has 56 valence electrons. The molecule has 1 rings (SSSR count). The van der Waals surface area contributed by atoms with Crippen LogP contribution in [0.3, 0.4) is 0 Å². The molecule has 0 aliphatic rings. The molecule has 0 radical (unpaired) electrons. The fourth-order valence-electron chi connectivity index (χ4n) is 0.671. The Morgan fingerprint density at radius 2 is 2.20 bits per heavy atom. The first kappa shape index (κ1) is 7.24. The van der Waals surface area contributed by atoms with E-state index in [-0.39, 0.29) is 0 Å². The summed E-state index contributed by atoms with van der Waals surface area (Å²) in [6, 6.07) is 0. The van der Waals surface area contributed by atoms with Gasteiger partial charge < -0.3 is 13.9 Å². The maximum absolute atomic E-state index is 4.92. The lowest BCUT2D eigenvalue weighted by molar-refractivity contribution is -0.117. The number of oxazole rings is 1. The Bertz CT molecular complexity index is 169. The van der Waals surface area contributed by atoms with Crippen LogP contribution in [-0.2, 0) is 9.47 Å². The lowest BCUT2D eigenvalue weighted by Crippen LogP contribution is -2.01. The first-order chi connectivity index (χ1) is 4.88. The highest BCUT2D eigenvalue weighted by atomic mass is 16.7. The summed E-state index contributed by atoms with van der Waals surface area (Å²) in [5.74, 6) is 0.574. The van der Waals surface area contributed by atoms with E-state index in [0.29, 0.717) is 5.76 Å². The van der Waals surface area contributed by atoms with Crippen molar-refractivity contribution < 1.29 is 13.9 Å². The Kier molecular flexibility index (Phi) is 2.42. The molecule has 4 nitrogen and oxygen atoms in total. The van der Waals surface area contributed by atoms with E-state index in [2.05, 4.69) is 4.98 Å². The zero-order valence-electron chi connectivity index (χ0n) is 5.90. The smallest absolute Gasteiger partial charge is 0.218 e. The molecule has 4 heteroatoms. The van der Waals surface area contributed by atoms with Gasteiger partial charge in [-0.25, -0.2) is 4.98 Å². The van der Waals surface area contributed by atoms with Gasteiger partial charge in [0.05, 0.1) is 6.20 Å². The average molecular weight is 143 g/mol. The van der Waals surface area contributed by atoms with Crippen LogP contribution >= 0.6 is 0 Å². The Morgan fingerprint density at radius 3 is 2.60 bits per heavy atom. The zero-order valence-corrected chi connectivity index (χ0v) is 5.90. The van der Waals surface area contributed by atoms with Crippen molar-refractivity contribution in [3.63, 3.8) is 0 Å². The second kappa shape index (κ2) is 3.34. The maximum atomic E-state index is 4.92.